The van der Waals surface area contributed by atoms with Crippen molar-refractivity contribution < 1.29 is 20.1 Å². The number of hydrogen-bond acceptors (Lipinski definition) is 3. The van der Waals surface area contributed by atoms with Crippen molar-refractivity contribution in [1.82, 2.24) is 0 Å². The summed E-state index contributed by atoms with van der Waals surface area (Å²) in [7, 11) is 0. The number of rotatable bonds is 12. The van der Waals surface area contributed by atoms with Crippen molar-refractivity contribution in [1.29, 1.82) is 0 Å². The molecule has 158 valence electrons. The third-order valence-corrected chi connectivity index (χ3v) is 7.03. The molecule has 0 aliphatic heterocycles. The van der Waals surface area contributed by atoms with Gasteiger partial charge in [-0.3, -0.25) is 4.79 Å². The third-order valence-electron chi connectivity index (χ3n) is 6.53. The van der Waals surface area contributed by atoms with Crippen LogP contribution in [0.3, 0.4) is 0 Å². The van der Waals surface area contributed by atoms with Crippen molar-refractivity contribution in [3.8, 4) is 0 Å². The quantitative estimate of drug-likeness (QED) is 0.244. The van der Waals surface area contributed by atoms with Crippen LogP contribution < -0.4 is 0 Å². The monoisotopic (exact) mass is 410 g/mol. The number of carbonyl (C=O) groups is 1. The minimum atomic E-state index is -0.766. The molecule has 4 nitrogen and oxygen atoms in total. The lowest BCUT2D eigenvalue weighted by atomic mass is 9.62. The third kappa shape index (κ3) is 6.20. The number of carboxylic acids is 1. The zero-order valence-corrected chi connectivity index (χ0v) is 17.4. The Morgan fingerprint density at radius 1 is 1.29 bits per heavy atom. The molecule has 0 saturated heterocycles. The van der Waals surface area contributed by atoms with Gasteiger partial charge >= 0.3 is 5.97 Å². The summed E-state index contributed by atoms with van der Waals surface area (Å²) in [5, 5.41) is 29.6. The predicted octanol–water partition coefficient (Wildman–Crippen LogP) is 4.85. The van der Waals surface area contributed by atoms with E-state index in [-0.39, 0.29) is 35.2 Å². The Balaban J connectivity index is 1.85. The van der Waals surface area contributed by atoms with Crippen LogP contribution >= 0.6 is 11.6 Å². The van der Waals surface area contributed by atoms with E-state index in [0.29, 0.717) is 19.3 Å². The summed E-state index contributed by atoms with van der Waals surface area (Å²) in [5.41, 5.74) is -0.00646. The molecule has 28 heavy (non-hydrogen) atoms. The minimum absolute atomic E-state index is 0.00452. The van der Waals surface area contributed by atoms with E-state index >= 15 is 0 Å². The summed E-state index contributed by atoms with van der Waals surface area (Å²) in [6.45, 7) is 3.82. The summed E-state index contributed by atoms with van der Waals surface area (Å²) in [6.07, 6.45) is 16.9. The van der Waals surface area contributed by atoms with Gasteiger partial charge in [0.2, 0.25) is 0 Å². The highest BCUT2D eigenvalue weighted by molar-refractivity contribution is 6.21. The average Bonchev–Trinajstić information content (AvgIpc) is 2.87. The van der Waals surface area contributed by atoms with Crippen molar-refractivity contribution in [3.05, 3.63) is 37.0 Å². The van der Waals surface area contributed by atoms with Gasteiger partial charge in [0.25, 0.3) is 0 Å². The maximum absolute atomic E-state index is 10.6. The highest BCUT2D eigenvalue weighted by Gasteiger charge is 2.42. The number of alkyl halides is 1. The average molecular weight is 411 g/mol. The van der Waals surface area contributed by atoms with Crippen LogP contribution in [0, 0.1) is 17.3 Å². The molecule has 2 saturated carbocycles. The number of aliphatic hydroxyl groups excluding tert-OH is 2. The van der Waals surface area contributed by atoms with Crippen molar-refractivity contribution in [2.24, 2.45) is 17.3 Å². The molecule has 0 bridgehead atoms. The minimum Gasteiger partial charge on any atom is -0.481 e. The van der Waals surface area contributed by atoms with Gasteiger partial charge in [0, 0.05) is 23.1 Å². The lowest BCUT2D eigenvalue weighted by molar-refractivity contribution is -0.137. The molecule has 0 aromatic heterocycles. The van der Waals surface area contributed by atoms with Crippen LogP contribution in [-0.4, -0.2) is 38.9 Å². The molecule has 0 aromatic carbocycles. The number of unbranched alkanes of at least 4 members (excludes halogenated alkanes) is 1. The fourth-order valence-corrected chi connectivity index (χ4v) is 5.07. The van der Waals surface area contributed by atoms with Crippen LogP contribution in [0.5, 0.6) is 0 Å². The van der Waals surface area contributed by atoms with Crippen molar-refractivity contribution >= 4 is 17.6 Å². The smallest absolute Gasteiger partial charge is 0.303 e. The van der Waals surface area contributed by atoms with E-state index in [0.717, 1.165) is 32.1 Å². The molecule has 3 N–H and O–H groups in total. The number of carboxylic acid groups (broad SMARTS) is 1. The van der Waals surface area contributed by atoms with Crippen molar-refractivity contribution in [3.63, 3.8) is 0 Å². The molecule has 0 radical (unpaired) electrons. The first-order valence-corrected chi connectivity index (χ1v) is 11.0. The molecule has 1 unspecified atom stereocenters. The number of aliphatic carboxylic acids is 1. The van der Waals surface area contributed by atoms with E-state index < -0.39 is 12.1 Å². The lowest BCUT2D eigenvalue weighted by Gasteiger charge is -2.45. The summed E-state index contributed by atoms with van der Waals surface area (Å²) in [5.74, 6) is -0.612. The zero-order valence-electron chi connectivity index (χ0n) is 16.7. The molecule has 0 spiro atoms. The van der Waals surface area contributed by atoms with E-state index in [2.05, 4.69) is 12.7 Å². The Hall–Kier alpha value is -1.10. The number of allylic oxidation sites excluding steroid dienone is 3. The second-order valence-electron chi connectivity index (χ2n) is 8.44. The highest BCUT2D eigenvalue weighted by atomic mass is 35.5. The Labute approximate surface area is 174 Å². The second-order valence-corrected chi connectivity index (χ2v) is 9.00. The van der Waals surface area contributed by atoms with Gasteiger partial charge in [0.05, 0.1) is 12.2 Å². The van der Waals surface area contributed by atoms with E-state index in [1.807, 2.05) is 24.3 Å². The van der Waals surface area contributed by atoms with Gasteiger partial charge in [-0.25, -0.2) is 0 Å². The van der Waals surface area contributed by atoms with E-state index in [4.69, 9.17) is 16.7 Å². The largest absolute Gasteiger partial charge is 0.481 e. The van der Waals surface area contributed by atoms with Gasteiger partial charge in [-0.1, -0.05) is 36.8 Å². The van der Waals surface area contributed by atoms with Crippen LogP contribution in [0.2, 0.25) is 0 Å². The molecule has 2 aliphatic carbocycles. The molecule has 2 fully saturated rings. The fraction of sp³-hybridized carbons (Fsp3) is 0.696. The van der Waals surface area contributed by atoms with Gasteiger partial charge in [-0.15, -0.1) is 18.2 Å². The SMILES string of the molecule is C=CCC1(C(O)CC=C[C@@H]2[C@@H](CC=CCCCC(=O)O)[C@@H](Cl)C[C@H]2O)CCC1. The van der Waals surface area contributed by atoms with Gasteiger partial charge in [-0.2, -0.15) is 0 Å². The first kappa shape index (κ1) is 23.2. The van der Waals surface area contributed by atoms with Crippen molar-refractivity contribution in [2.75, 3.05) is 0 Å². The number of aliphatic hydroxyl groups is 2. The van der Waals surface area contributed by atoms with Gasteiger partial charge in [-0.05, 0) is 57.3 Å². The maximum Gasteiger partial charge on any atom is 0.303 e. The zero-order chi connectivity index (χ0) is 20.6. The summed E-state index contributed by atoms with van der Waals surface area (Å²) in [4.78, 5) is 10.5. The van der Waals surface area contributed by atoms with Crippen LogP contribution in [0.1, 0.15) is 64.2 Å². The van der Waals surface area contributed by atoms with Crippen LogP contribution in [0.4, 0.5) is 0 Å². The molecule has 2 rings (SSSR count). The van der Waals surface area contributed by atoms with Crippen LogP contribution in [0.15, 0.2) is 37.0 Å². The molecular formula is C23H35ClO4. The Morgan fingerprint density at radius 3 is 2.64 bits per heavy atom. The highest BCUT2D eigenvalue weighted by Crippen LogP contribution is 2.48. The van der Waals surface area contributed by atoms with E-state index in [1.165, 1.54) is 6.42 Å². The lowest BCUT2D eigenvalue weighted by Crippen LogP contribution is -2.40. The number of hydrogen-bond donors (Lipinski definition) is 3. The normalized spacial score (nSPS) is 30.5. The standard InChI is InChI=1S/C23H35ClO4/c1-2-13-23(14-8-15-23)21(26)11-7-10-18-17(19(24)16-20(18)25)9-5-3-4-6-12-22(27)28/h2-3,5,7,10,17-21,25-26H,1,4,6,8-9,11-16H2,(H,27,28)/t17-,18-,19+,20-,21?/m1/s1. The molecule has 0 amide bonds. The van der Waals surface area contributed by atoms with Crippen LogP contribution in [0.25, 0.3) is 0 Å². The molecule has 5 atom stereocenters. The topological polar surface area (TPSA) is 77.8 Å². The van der Waals surface area contributed by atoms with Gasteiger partial charge < -0.3 is 15.3 Å². The van der Waals surface area contributed by atoms with Gasteiger partial charge in [0.1, 0.15) is 0 Å². The van der Waals surface area contributed by atoms with Crippen LogP contribution in [-0.2, 0) is 4.79 Å². The fourth-order valence-electron chi connectivity index (χ4n) is 4.61. The van der Waals surface area contributed by atoms with E-state index in [1.54, 1.807) is 0 Å². The first-order chi connectivity index (χ1) is 13.4. The molecule has 0 heterocycles. The molecule has 5 heteroatoms. The van der Waals surface area contributed by atoms with Gasteiger partial charge in [0.15, 0.2) is 0 Å². The molecule has 0 aromatic rings. The Kier molecular flexibility index (Phi) is 9.26. The second kappa shape index (κ2) is 11.2. The Morgan fingerprint density at radius 2 is 2.04 bits per heavy atom. The van der Waals surface area contributed by atoms with Crippen molar-refractivity contribution in [2.45, 2.75) is 81.8 Å². The summed E-state index contributed by atoms with van der Waals surface area (Å²) in [6, 6.07) is 0. The molecule has 2 aliphatic rings. The first-order valence-electron chi connectivity index (χ1n) is 10.5. The number of halogens is 1. The summed E-state index contributed by atoms with van der Waals surface area (Å²) < 4.78 is 0. The predicted molar refractivity (Wildman–Crippen MR) is 113 cm³/mol. The summed E-state index contributed by atoms with van der Waals surface area (Å²) >= 11 is 6.47. The molecular weight excluding hydrogens is 376 g/mol. The maximum atomic E-state index is 10.6. The Bertz CT molecular complexity index is 567. The van der Waals surface area contributed by atoms with E-state index in [9.17, 15) is 15.0 Å².